The average Bonchev–Trinajstić information content (AvgIpc) is 2.42. The molecule has 7 heteroatoms. The van der Waals surface area contributed by atoms with E-state index in [2.05, 4.69) is 5.16 Å². The summed E-state index contributed by atoms with van der Waals surface area (Å²) in [5.41, 5.74) is 5.32. The van der Waals surface area contributed by atoms with Crippen LogP contribution in [-0.2, 0) is 6.18 Å². The van der Waals surface area contributed by atoms with E-state index in [1.165, 1.54) is 6.07 Å². The fraction of sp³-hybridized carbons (Fsp3) is 0.500. The minimum absolute atomic E-state index is 0.0759. The number of anilines is 1. The lowest BCUT2D eigenvalue weighted by atomic mass is 10.0. The Bertz CT molecular complexity index is 513. The second kappa shape index (κ2) is 6.69. The van der Waals surface area contributed by atoms with Crippen LogP contribution in [0, 0.1) is 0 Å². The van der Waals surface area contributed by atoms with Gasteiger partial charge in [-0.2, -0.15) is 13.2 Å². The van der Waals surface area contributed by atoms with Gasteiger partial charge in [-0.1, -0.05) is 12.1 Å². The molecule has 0 spiro atoms. The van der Waals surface area contributed by atoms with E-state index in [1.54, 1.807) is 0 Å². The molecule has 0 saturated carbocycles. The Balaban J connectivity index is 3.44. The zero-order valence-corrected chi connectivity index (χ0v) is 12.3. The van der Waals surface area contributed by atoms with Gasteiger partial charge in [-0.3, -0.25) is 0 Å². The van der Waals surface area contributed by atoms with Gasteiger partial charge >= 0.3 is 6.18 Å². The Labute approximate surface area is 122 Å². The van der Waals surface area contributed by atoms with Crippen molar-refractivity contribution in [2.75, 3.05) is 11.4 Å². The van der Waals surface area contributed by atoms with Crippen molar-refractivity contribution < 1.29 is 18.4 Å². The molecule has 1 rings (SSSR count). The highest BCUT2D eigenvalue weighted by Gasteiger charge is 2.32. The molecular weight excluding hydrogens is 283 g/mol. The van der Waals surface area contributed by atoms with Crippen LogP contribution < -0.4 is 10.6 Å². The predicted molar refractivity (Wildman–Crippen MR) is 76.7 cm³/mol. The highest BCUT2D eigenvalue weighted by molar-refractivity contribution is 6.02. The quantitative estimate of drug-likeness (QED) is 0.379. The van der Waals surface area contributed by atoms with E-state index in [4.69, 9.17) is 10.9 Å². The van der Waals surface area contributed by atoms with Crippen LogP contribution in [0.15, 0.2) is 23.4 Å². The highest BCUT2D eigenvalue weighted by Crippen LogP contribution is 2.33. The van der Waals surface area contributed by atoms with E-state index in [1.807, 2.05) is 25.7 Å². The van der Waals surface area contributed by atoms with Crippen LogP contribution >= 0.6 is 0 Å². The molecule has 0 bridgehead atoms. The number of nitrogens with two attached hydrogens (primary N) is 1. The van der Waals surface area contributed by atoms with E-state index in [0.717, 1.165) is 18.6 Å². The van der Waals surface area contributed by atoms with Crippen molar-refractivity contribution in [1.29, 1.82) is 0 Å². The van der Waals surface area contributed by atoms with Gasteiger partial charge in [0, 0.05) is 23.8 Å². The molecule has 1 aromatic rings. The van der Waals surface area contributed by atoms with Gasteiger partial charge < -0.3 is 15.8 Å². The Morgan fingerprint density at radius 3 is 2.43 bits per heavy atom. The number of nitrogens with zero attached hydrogens (tertiary/aromatic N) is 2. The maximum Gasteiger partial charge on any atom is 0.416 e. The number of hydrogen-bond donors (Lipinski definition) is 2. The summed E-state index contributed by atoms with van der Waals surface area (Å²) in [4.78, 5) is 1.92. The van der Waals surface area contributed by atoms with E-state index < -0.39 is 11.7 Å². The maximum absolute atomic E-state index is 12.8. The summed E-state index contributed by atoms with van der Waals surface area (Å²) in [5.74, 6) is -0.335. The van der Waals surface area contributed by atoms with Crippen LogP contribution in [0.3, 0.4) is 0 Å². The first-order valence-electron chi connectivity index (χ1n) is 6.68. The number of hydrogen-bond acceptors (Lipinski definition) is 3. The number of rotatable bonds is 5. The van der Waals surface area contributed by atoms with Gasteiger partial charge in [0.25, 0.3) is 0 Å². The minimum Gasteiger partial charge on any atom is -0.409 e. The molecule has 0 aliphatic heterocycles. The van der Waals surface area contributed by atoms with E-state index in [9.17, 15) is 13.2 Å². The molecule has 0 aliphatic rings. The lowest BCUT2D eigenvalue weighted by Crippen LogP contribution is -2.33. The maximum atomic E-state index is 12.8. The molecule has 0 atom stereocenters. The monoisotopic (exact) mass is 303 g/mol. The van der Waals surface area contributed by atoms with Crippen LogP contribution in [0.25, 0.3) is 0 Å². The first kappa shape index (κ1) is 17.1. The van der Waals surface area contributed by atoms with Crippen molar-refractivity contribution in [2.24, 2.45) is 10.9 Å². The number of amidine groups is 1. The Hall–Kier alpha value is -1.92. The number of alkyl halides is 3. The molecule has 21 heavy (non-hydrogen) atoms. The summed E-state index contributed by atoms with van der Waals surface area (Å²) in [7, 11) is 0. The van der Waals surface area contributed by atoms with E-state index in [0.29, 0.717) is 12.2 Å². The van der Waals surface area contributed by atoms with Crippen LogP contribution in [0.2, 0.25) is 0 Å². The molecule has 0 aliphatic carbocycles. The van der Waals surface area contributed by atoms with Gasteiger partial charge in [0.05, 0.1) is 5.56 Å². The van der Waals surface area contributed by atoms with Crippen molar-refractivity contribution >= 4 is 11.5 Å². The van der Waals surface area contributed by atoms with E-state index >= 15 is 0 Å². The molecule has 0 heterocycles. The SMILES string of the molecule is CCCN(c1ccc(C(F)(F)F)cc1/C(N)=N/O)C(C)C. The molecule has 0 amide bonds. The fourth-order valence-electron chi connectivity index (χ4n) is 2.12. The summed E-state index contributed by atoms with van der Waals surface area (Å²) >= 11 is 0. The Kier molecular flexibility index (Phi) is 5.46. The zero-order valence-electron chi connectivity index (χ0n) is 12.3. The van der Waals surface area contributed by atoms with Crippen molar-refractivity contribution in [3.05, 3.63) is 29.3 Å². The summed E-state index contributed by atoms with van der Waals surface area (Å²) in [6.45, 7) is 6.50. The fourth-order valence-corrected chi connectivity index (χ4v) is 2.12. The first-order chi connectivity index (χ1) is 9.72. The zero-order chi connectivity index (χ0) is 16.2. The molecule has 3 N–H and O–H groups in total. The van der Waals surface area contributed by atoms with Gasteiger partial charge in [0.15, 0.2) is 5.84 Å². The third-order valence-corrected chi connectivity index (χ3v) is 3.10. The molecule has 0 unspecified atom stereocenters. The number of halogens is 3. The topological polar surface area (TPSA) is 61.8 Å². The summed E-state index contributed by atoms with van der Waals surface area (Å²) < 4.78 is 38.5. The van der Waals surface area contributed by atoms with Crippen molar-refractivity contribution in [3.63, 3.8) is 0 Å². The molecule has 0 saturated heterocycles. The third-order valence-electron chi connectivity index (χ3n) is 3.10. The Morgan fingerprint density at radius 1 is 1.38 bits per heavy atom. The van der Waals surface area contributed by atoms with Crippen LogP contribution in [0.5, 0.6) is 0 Å². The summed E-state index contributed by atoms with van der Waals surface area (Å²) in [5, 5.41) is 11.7. The lowest BCUT2D eigenvalue weighted by molar-refractivity contribution is -0.137. The largest absolute Gasteiger partial charge is 0.416 e. The van der Waals surface area contributed by atoms with Crippen molar-refractivity contribution in [3.8, 4) is 0 Å². The number of benzene rings is 1. The van der Waals surface area contributed by atoms with Gasteiger partial charge in [0.2, 0.25) is 0 Å². The van der Waals surface area contributed by atoms with Gasteiger partial charge in [0.1, 0.15) is 0 Å². The summed E-state index contributed by atoms with van der Waals surface area (Å²) in [6.07, 6.45) is -3.65. The second-order valence-electron chi connectivity index (χ2n) is 5.00. The van der Waals surface area contributed by atoms with Crippen molar-refractivity contribution in [2.45, 2.75) is 39.4 Å². The standard InChI is InChI=1S/C14H20F3N3O/c1-4-7-20(9(2)3)12-6-5-10(14(15,16)17)8-11(12)13(18)19-21/h5-6,8-9,21H,4,7H2,1-3H3,(H2,18,19). The Morgan fingerprint density at radius 2 is 2.00 bits per heavy atom. The van der Waals surface area contributed by atoms with Gasteiger partial charge in [-0.15, -0.1) is 0 Å². The van der Waals surface area contributed by atoms with E-state index in [-0.39, 0.29) is 17.4 Å². The lowest BCUT2D eigenvalue weighted by Gasteiger charge is -2.30. The highest BCUT2D eigenvalue weighted by atomic mass is 19.4. The molecule has 0 radical (unpaired) electrons. The first-order valence-corrected chi connectivity index (χ1v) is 6.68. The molecule has 118 valence electrons. The molecular formula is C14H20F3N3O. The minimum atomic E-state index is -4.48. The van der Waals surface area contributed by atoms with Crippen LogP contribution in [0.1, 0.15) is 38.3 Å². The average molecular weight is 303 g/mol. The smallest absolute Gasteiger partial charge is 0.409 e. The second-order valence-corrected chi connectivity index (χ2v) is 5.00. The third kappa shape index (κ3) is 4.03. The molecule has 0 aromatic heterocycles. The normalized spacial score (nSPS) is 12.8. The molecule has 0 fully saturated rings. The van der Waals surface area contributed by atoms with Crippen LogP contribution in [0.4, 0.5) is 18.9 Å². The summed E-state index contributed by atoms with van der Waals surface area (Å²) in [6, 6.07) is 3.36. The van der Waals surface area contributed by atoms with Gasteiger partial charge in [-0.25, -0.2) is 0 Å². The van der Waals surface area contributed by atoms with Crippen LogP contribution in [-0.4, -0.2) is 23.6 Å². The van der Waals surface area contributed by atoms with Gasteiger partial charge in [-0.05, 0) is 38.5 Å². The predicted octanol–water partition coefficient (Wildman–Crippen LogP) is 3.42. The number of oxime groups is 1. The van der Waals surface area contributed by atoms with Crippen molar-refractivity contribution in [1.82, 2.24) is 0 Å². The molecule has 1 aromatic carbocycles. The molecule has 4 nitrogen and oxygen atoms in total.